The number of carbonyl (C=O) groups excluding carboxylic acids is 1. The molecule has 1 aromatic carbocycles. The highest BCUT2D eigenvalue weighted by Gasteiger charge is 2.11. The minimum atomic E-state index is 0.0359. The number of rotatable bonds is 2. The fourth-order valence-electron chi connectivity index (χ4n) is 1.89. The molecule has 0 aliphatic carbocycles. The molecule has 2 rings (SSSR count). The van der Waals surface area contributed by atoms with Gasteiger partial charge in [-0.25, -0.2) is 0 Å². The molecule has 0 saturated carbocycles. The molecule has 3 nitrogen and oxygen atoms in total. The van der Waals surface area contributed by atoms with E-state index in [1.54, 1.807) is 0 Å². The molecule has 0 aliphatic rings. The number of carbonyl (C=O) groups is 1. The van der Waals surface area contributed by atoms with Crippen molar-refractivity contribution < 1.29 is 9.90 Å². The SMILES string of the molecule is Cn1c(C=O)c(C#CCCO)c2ccccc21. The zero-order chi connectivity index (χ0) is 12.3. The summed E-state index contributed by atoms with van der Waals surface area (Å²) in [6.45, 7) is 0.0359. The first-order chi connectivity index (χ1) is 8.29. The Kier molecular flexibility index (Phi) is 3.27. The van der Waals surface area contributed by atoms with Crippen LogP contribution in [0, 0.1) is 11.8 Å². The van der Waals surface area contributed by atoms with Crippen LogP contribution in [0.3, 0.4) is 0 Å². The van der Waals surface area contributed by atoms with E-state index in [1.165, 1.54) is 0 Å². The van der Waals surface area contributed by atoms with E-state index in [4.69, 9.17) is 5.11 Å². The molecule has 0 bridgehead atoms. The highest BCUT2D eigenvalue weighted by atomic mass is 16.2. The number of nitrogens with zero attached hydrogens (tertiary/aromatic N) is 1. The average Bonchev–Trinajstić information content (AvgIpc) is 2.63. The van der Waals surface area contributed by atoms with E-state index in [9.17, 15) is 4.79 Å². The molecule has 0 unspecified atom stereocenters. The Bertz CT molecular complexity index is 614. The number of para-hydroxylation sites is 1. The molecule has 17 heavy (non-hydrogen) atoms. The van der Waals surface area contributed by atoms with Crippen molar-refractivity contribution >= 4 is 17.2 Å². The second-order valence-electron chi connectivity index (χ2n) is 3.73. The molecule has 1 aromatic heterocycles. The van der Waals surface area contributed by atoms with Gasteiger partial charge in [0.1, 0.15) is 0 Å². The van der Waals surface area contributed by atoms with E-state index in [2.05, 4.69) is 11.8 Å². The summed E-state index contributed by atoms with van der Waals surface area (Å²) < 4.78 is 1.84. The summed E-state index contributed by atoms with van der Waals surface area (Å²) >= 11 is 0. The predicted octanol–water partition coefficient (Wildman–Crippen LogP) is 1.72. The number of aliphatic hydroxyl groups excluding tert-OH is 1. The van der Waals surface area contributed by atoms with Crippen molar-refractivity contribution in [2.45, 2.75) is 6.42 Å². The Morgan fingerprint density at radius 2 is 2.18 bits per heavy atom. The second-order valence-corrected chi connectivity index (χ2v) is 3.73. The van der Waals surface area contributed by atoms with Crippen LogP contribution >= 0.6 is 0 Å². The number of aliphatic hydroxyl groups is 1. The van der Waals surface area contributed by atoms with Gasteiger partial charge >= 0.3 is 0 Å². The first kappa shape index (κ1) is 11.4. The molecule has 0 radical (unpaired) electrons. The largest absolute Gasteiger partial charge is 0.395 e. The third kappa shape index (κ3) is 1.95. The Labute approximate surface area is 99.7 Å². The molecule has 0 atom stereocenters. The first-order valence-electron chi connectivity index (χ1n) is 5.42. The van der Waals surface area contributed by atoms with E-state index in [-0.39, 0.29) is 6.61 Å². The highest BCUT2D eigenvalue weighted by molar-refractivity contribution is 5.95. The molecule has 1 N–H and O–H groups in total. The number of hydrogen-bond acceptors (Lipinski definition) is 2. The molecule has 2 aromatic rings. The van der Waals surface area contributed by atoms with Crippen LogP contribution in [0.4, 0.5) is 0 Å². The van der Waals surface area contributed by atoms with Gasteiger partial charge in [-0.05, 0) is 6.07 Å². The van der Waals surface area contributed by atoms with Crippen molar-refractivity contribution in [1.82, 2.24) is 4.57 Å². The van der Waals surface area contributed by atoms with E-state index < -0.39 is 0 Å². The molecule has 0 spiro atoms. The van der Waals surface area contributed by atoms with Gasteiger partial charge in [0.15, 0.2) is 6.29 Å². The summed E-state index contributed by atoms with van der Waals surface area (Å²) in [5.41, 5.74) is 2.31. The van der Waals surface area contributed by atoms with E-state index in [0.29, 0.717) is 12.1 Å². The van der Waals surface area contributed by atoms with Gasteiger partial charge in [0.25, 0.3) is 0 Å². The van der Waals surface area contributed by atoms with Crippen molar-refractivity contribution in [2.24, 2.45) is 7.05 Å². The average molecular weight is 227 g/mol. The summed E-state index contributed by atoms with van der Waals surface area (Å²) in [5, 5.41) is 9.69. The van der Waals surface area contributed by atoms with Crippen LogP contribution in [-0.2, 0) is 7.05 Å². The number of hydrogen-bond donors (Lipinski definition) is 1. The lowest BCUT2D eigenvalue weighted by Crippen LogP contribution is -1.95. The molecule has 86 valence electrons. The third-order valence-electron chi connectivity index (χ3n) is 2.71. The molecular weight excluding hydrogens is 214 g/mol. The van der Waals surface area contributed by atoms with Crippen molar-refractivity contribution in [3.63, 3.8) is 0 Å². The molecule has 3 heteroatoms. The van der Waals surface area contributed by atoms with Gasteiger partial charge in [0, 0.05) is 24.4 Å². The number of aromatic nitrogens is 1. The van der Waals surface area contributed by atoms with Gasteiger partial charge in [-0.15, -0.1) is 0 Å². The smallest absolute Gasteiger partial charge is 0.167 e. The number of fused-ring (bicyclic) bond motifs is 1. The summed E-state index contributed by atoms with van der Waals surface area (Å²) in [5.74, 6) is 5.83. The van der Waals surface area contributed by atoms with Crippen molar-refractivity contribution in [3.05, 3.63) is 35.5 Å². The molecule has 0 aliphatic heterocycles. The van der Waals surface area contributed by atoms with Crippen LogP contribution in [0.25, 0.3) is 10.9 Å². The topological polar surface area (TPSA) is 42.2 Å². The van der Waals surface area contributed by atoms with Crippen LogP contribution in [-0.4, -0.2) is 22.6 Å². The zero-order valence-electron chi connectivity index (χ0n) is 9.60. The van der Waals surface area contributed by atoms with Gasteiger partial charge in [-0.1, -0.05) is 30.0 Å². The standard InChI is InChI=1S/C14H13NO2/c1-15-13-8-3-2-6-11(13)12(14(15)10-17)7-4-5-9-16/h2-3,6,8,10,16H,5,9H2,1H3. The second kappa shape index (κ2) is 4.86. The van der Waals surface area contributed by atoms with E-state index in [0.717, 1.165) is 22.8 Å². The zero-order valence-corrected chi connectivity index (χ0v) is 9.60. The van der Waals surface area contributed by atoms with Crippen LogP contribution < -0.4 is 0 Å². The Balaban J connectivity index is 2.68. The van der Waals surface area contributed by atoms with Crippen LogP contribution in [0.15, 0.2) is 24.3 Å². The van der Waals surface area contributed by atoms with Gasteiger partial charge in [-0.2, -0.15) is 0 Å². The van der Waals surface area contributed by atoms with Gasteiger partial charge in [0.05, 0.1) is 17.9 Å². The summed E-state index contributed by atoms with van der Waals surface area (Å²) in [6.07, 6.45) is 1.24. The fourth-order valence-corrected chi connectivity index (χ4v) is 1.89. The minimum Gasteiger partial charge on any atom is -0.395 e. The maximum atomic E-state index is 11.1. The molecule has 0 fully saturated rings. The Hall–Kier alpha value is -2.05. The summed E-state index contributed by atoms with van der Waals surface area (Å²) in [7, 11) is 1.85. The predicted molar refractivity (Wildman–Crippen MR) is 66.9 cm³/mol. The summed E-state index contributed by atoms with van der Waals surface area (Å²) in [6, 6.07) is 7.76. The first-order valence-corrected chi connectivity index (χ1v) is 5.42. The monoisotopic (exact) mass is 227 g/mol. The molecule has 0 saturated heterocycles. The van der Waals surface area contributed by atoms with E-state index in [1.807, 2.05) is 35.9 Å². The maximum Gasteiger partial charge on any atom is 0.167 e. The Morgan fingerprint density at radius 1 is 1.41 bits per heavy atom. The quantitative estimate of drug-likeness (QED) is 0.627. The molecule has 1 heterocycles. The van der Waals surface area contributed by atoms with Gasteiger partial charge in [0.2, 0.25) is 0 Å². The van der Waals surface area contributed by atoms with Crippen LogP contribution in [0.1, 0.15) is 22.5 Å². The van der Waals surface area contributed by atoms with Gasteiger partial charge < -0.3 is 9.67 Å². The normalized spacial score (nSPS) is 10.0. The van der Waals surface area contributed by atoms with Crippen molar-refractivity contribution in [3.8, 4) is 11.8 Å². The van der Waals surface area contributed by atoms with Crippen LogP contribution in [0.5, 0.6) is 0 Å². The highest BCUT2D eigenvalue weighted by Crippen LogP contribution is 2.23. The lowest BCUT2D eigenvalue weighted by atomic mass is 10.1. The molecular formula is C14H13NO2. The Morgan fingerprint density at radius 3 is 2.88 bits per heavy atom. The number of aldehydes is 1. The van der Waals surface area contributed by atoms with Gasteiger partial charge in [-0.3, -0.25) is 4.79 Å². The fraction of sp³-hybridized carbons (Fsp3) is 0.214. The number of benzene rings is 1. The lowest BCUT2D eigenvalue weighted by Gasteiger charge is -1.95. The van der Waals surface area contributed by atoms with Crippen molar-refractivity contribution in [2.75, 3.05) is 6.61 Å². The van der Waals surface area contributed by atoms with Crippen molar-refractivity contribution in [1.29, 1.82) is 0 Å². The number of aryl methyl sites for hydroxylation is 1. The maximum absolute atomic E-state index is 11.1. The molecule has 0 amide bonds. The summed E-state index contributed by atoms with van der Waals surface area (Å²) in [4.78, 5) is 11.1. The third-order valence-corrected chi connectivity index (χ3v) is 2.71. The van der Waals surface area contributed by atoms with E-state index >= 15 is 0 Å². The minimum absolute atomic E-state index is 0.0359. The van der Waals surface area contributed by atoms with Crippen LogP contribution in [0.2, 0.25) is 0 Å². The lowest BCUT2D eigenvalue weighted by molar-refractivity contribution is 0.111.